The summed E-state index contributed by atoms with van der Waals surface area (Å²) in [4.78, 5) is 2.47. The van der Waals surface area contributed by atoms with Gasteiger partial charge in [-0.2, -0.15) is 0 Å². The second-order valence-electron chi connectivity index (χ2n) is 8.12. The largest absolute Gasteiger partial charge is 0.372 e. The molecule has 4 aromatic carbocycles. The molecule has 1 heterocycles. The lowest BCUT2D eigenvalue weighted by Crippen LogP contribution is -2.39. The first-order chi connectivity index (χ1) is 14.8. The molecule has 1 saturated heterocycles. The van der Waals surface area contributed by atoms with Gasteiger partial charge in [-0.3, -0.25) is 0 Å². The van der Waals surface area contributed by atoms with E-state index in [0.717, 1.165) is 25.9 Å². The van der Waals surface area contributed by atoms with Crippen LogP contribution in [0.25, 0.3) is 21.9 Å². The maximum atomic E-state index is 6.34. The molecule has 1 aliphatic heterocycles. The molecule has 0 spiro atoms. The Morgan fingerprint density at radius 3 is 2.39 bits per heavy atom. The van der Waals surface area contributed by atoms with Crippen molar-refractivity contribution in [2.45, 2.75) is 25.6 Å². The Labute approximate surface area is 190 Å². The summed E-state index contributed by atoms with van der Waals surface area (Å²) in [5.74, 6) is 0. The van der Waals surface area contributed by atoms with Crippen molar-refractivity contribution in [1.29, 1.82) is 0 Å². The van der Waals surface area contributed by atoms with Crippen molar-refractivity contribution >= 4 is 28.9 Å². The van der Waals surface area contributed by atoms with Gasteiger partial charge in [0.2, 0.25) is 0 Å². The zero-order valence-corrected chi connectivity index (χ0v) is 18.4. The van der Waals surface area contributed by atoms with E-state index in [-0.39, 0.29) is 18.5 Å². The summed E-state index contributed by atoms with van der Waals surface area (Å²) in [7, 11) is 0. The van der Waals surface area contributed by atoms with E-state index < -0.39 is 0 Å². The smallest absolute Gasteiger partial charge is 0.0755 e. The van der Waals surface area contributed by atoms with Crippen molar-refractivity contribution in [1.82, 2.24) is 0 Å². The highest BCUT2D eigenvalue weighted by Crippen LogP contribution is 2.27. The predicted octanol–water partition coefficient (Wildman–Crippen LogP) is 7.11. The molecule has 0 aromatic heterocycles. The van der Waals surface area contributed by atoms with Crippen molar-refractivity contribution in [3.63, 3.8) is 0 Å². The van der Waals surface area contributed by atoms with Crippen LogP contribution in [0.15, 0.2) is 97.1 Å². The number of piperidine rings is 1. The first-order valence-electron chi connectivity index (χ1n) is 10.8. The van der Waals surface area contributed by atoms with Crippen molar-refractivity contribution in [2.24, 2.45) is 0 Å². The summed E-state index contributed by atoms with van der Waals surface area (Å²) in [5.41, 5.74) is 5.07. The summed E-state index contributed by atoms with van der Waals surface area (Å²) in [5, 5.41) is 2.56. The highest BCUT2D eigenvalue weighted by Gasteiger charge is 2.21. The monoisotopic (exact) mass is 429 g/mol. The van der Waals surface area contributed by atoms with E-state index in [2.05, 4.69) is 102 Å². The van der Waals surface area contributed by atoms with E-state index in [9.17, 15) is 0 Å². The van der Waals surface area contributed by atoms with Crippen LogP contribution in [0.2, 0.25) is 0 Å². The molecule has 0 radical (unpaired) electrons. The molecular weight excluding hydrogens is 402 g/mol. The van der Waals surface area contributed by atoms with Crippen molar-refractivity contribution in [3.05, 3.63) is 103 Å². The van der Waals surface area contributed by atoms with Gasteiger partial charge in [0.15, 0.2) is 0 Å². The summed E-state index contributed by atoms with van der Waals surface area (Å²) in [6.45, 7) is 2.72. The number of rotatable bonds is 5. The number of hydrogen-bond donors (Lipinski definition) is 0. The molecule has 0 saturated carbocycles. The van der Waals surface area contributed by atoms with Crippen molar-refractivity contribution < 1.29 is 4.74 Å². The Morgan fingerprint density at radius 2 is 1.52 bits per heavy atom. The summed E-state index contributed by atoms with van der Waals surface area (Å²) < 4.78 is 6.34. The average molecular weight is 430 g/mol. The second-order valence-corrected chi connectivity index (χ2v) is 8.12. The van der Waals surface area contributed by atoms with Gasteiger partial charge in [-0.25, -0.2) is 0 Å². The van der Waals surface area contributed by atoms with Gasteiger partial charge in [-0.05, 0) is 58.5 Å². The molecule has 158 valence electrons. The van der Waals surface area contributed by atoms with Crippen LogP contribution in [0.5, 0.6) is 0 Å². The van der Waals surface area contributed by atoms with Crippen LogP contribution in [-0.2, 0) is 11.3 Å². The minimum absolute atomic E-state index is 0. The molecule has 1 atom stereocenters. The molecule has 0 aliphatic carbocycles. The maximum absolute atomic E-state index is 6.34. The number of anilines is 1. The molecule has 0 N–H and O–H groups in total. The normalized spacial score (nSPS) is 16.1. The molecule has 3 heteroatoms. The molecular formula is C28H28ClNO. The van der Waals surface area contributed by atoms with Gasteiger partial charge in [0.05, 0.1) is 12.7 Å². The zero-order chi connectivity index (χ0) is 20.2. The first kappa shape index (κ1) is 21.4. The molecule has 0 unspecified atom stereocenters. The third kappa shape index (κ3) is 5.10. The number of halogens is 1. The first-order valence-corrected chi connectivity index (χ1v) is 10.8. The number of hydrogen-bond acceptors (Lipinski definition) is 2. The minimum atomic E-state index is 0. The maximum Gasteiger partial charge on any atom is 0.0755 e. The van der Waals surface area contributed by atoms with Gasteiger partial charge < -0.3 is 9.64 Å². The van der Waals surface area contributed by atoms with E-state index in [1.165, 1.54) is 33.2 Å². The van der Waals surface area contributed by atoms with Crippen molar-refractivity contribution in [3.8, 4) is 11.1 Å². The van der Waals surface area contributed by atoms with Gasteiger partial charge >= 0.3 is 0 Å². The molecule has 1 fully saturated rings. The number of benzene rings is 4. The topological polar surface area (TPSA) is 12.5 Å². The fraction of sp³-hybridized carbons (Fsp3) is 0.214. The summed E-state index contributed by atoms with van der Waals surface area (Å²) in [6.07, 6.45) is 2.56. The van der Waals surface area contributed by atoms with Crippen LogP contribution >= 0.6 is 12.4 Å². The SMILES string of the molecule is Cl.c1ccc(-c2cccc(N3CCC[C@@H](OCc4ccc5ccccc5c4)C3)c2)cc1. The fourth-order valence-corrected chi connectivity index (χ4v) is 4.36. The average Bonchev–Trinajstić information content (AvgIpc) is 2.83. The molecule has 2 nitrogen and oxygen atoms in total. The van der Waals surface area contributed by atoms with Gasteiger partial charge in [0.1, 0.15) is 0 Å². The molecule has 31 heavy (non-hydrogen) atoms. The van der Waals surface area contributed by atoms with Gasteiger partial charge in [-0.15, -0.1) is 12.4 Å². The Balaban J connectivity index is 0.00000231. The van der Waals surface area contributed by atoms with Crippen molar-refractivity contribution in [2.75, 3.05) is 18.0 Å². The van der Waals surface area contributed by atoms with Crippen LogP contribution in [0.4, 0.5) is 5.69 Å². The lowest BCUT2D eigenvalue weighted by molar-refractivity contribution is 0.0316. The molecule has 4 aromatic rings. The van der Waals surface area contributed by atoms with Crippen LogP contribution in [0, 0.1) is 0 Å². The summed E-state index contributed by atoms with van der Waals surface area (Å²) >= 11 is 0. The zero-order valence-electron chi connectivity index (χ0n) is 17.6. The van der Waals surface area contributed by atoms with Gasteiger partial charge in [-0.1, -0.05) is 78.9 Å². The highest BCUT2D eigenvalue weighted by molar-refractivity contribution is 5.85. The Hall–Kier alpha value is -2.81. The Morgan fingerprint density at radius 1 is 0.742 bits per heavy atom. The lowest BCUT2D eigenvalue weighted by atomic mass is 10.0. The quantitative estimate of drug-likeness (QED) is 0.335. The van der Waals surface area contributed by atoms with Gasteiger partial charge in [0, 0.05) is 18.8 Å². The predicted molar refractivity (Wildman–Crippen MR) is 133 cm³/mol. The second kappa shape index (κ2) is 10.00. The molecule has 5 rings (SSSR count). The van der Waals surface area contributed by atoms with Crippen LogP contribution in [0.1, 0.15) is 18.4 Å². The Bertz CT molecular complexity index is 1130. The van der Waals surface area contributed by atoms with Gasteiger partial charge in [0.25, 0.3) is 0 Å². The summed E-state index contributed by atoms with van der Waals surface area (Å²) in [6, 6.07) is 34.6. The van der Waals surface area contributed by atoms with E-state index in [1.807, 2.05) is 0 Å². The van der Waals surface area contributed by atoms with Crippen LogP contribution in [0.3, 0.4) is 0 Å². The van der Waals surface area contributed by atoms with E-state index in [4.69, 9.17) is 4.74 Å². The lowest BCUT2D eigenvalue weighted by Gasteiger charge is -2.34. The van der Waals surface area contributed by atoms with Crippen LogP contribution < -0.4 is 4.90 Å². The third-order valence-electron chi connectivity index (χ3n) is 6.00. The molecule has 1 aliphatic rings. The van der Waals surface area contributed by atoms with E-state index in [0.29, 0.717) is 6.61 Å². The van der Waals surface area contributed by atoms with E-state index >= 15 is 0 Å². The highest BCUT2D eigenvalue weighted by atomic mass is 35.5. The number of fused-ring (bicyclic) bond motifs is 1. The molecule has 0 bridgehead atoms. The van der Waals surface area contributed by atoms with Crippen LogP contribution in [-0.4, -0.2) is 19.2 Å². The third-order valence-corrected chi connectivity index (χ3v) is 6.00. The van der Waals surface area contributed by atoms with E-state index in [1.54, 1.807) is 0 Å². The number of nitrogens with zero attached hydrogens (tertiary/aromatic N) is 1. The minimum Gasteiger partial charge on any atom is -0.372 e. The molecule has 0 amide bonds. The Kier molecular flexibility index (Phi) is 6.91. The number of ether oxygens (including phenoxy) is 1. The fourth-order valence-electron chi connectivity index (χ4n) is 4.36. The standard InChI is InChI=1S/C28H27NO.ClH/c1-2-8-23(9-3-1)26-12-6-13-27(19-26)29-17-7-14-28(20-29)30-21-22-15-16-24-10-4-5-11-25(24)18-22;/h1-6,8-13,15-16,18-19,28H,7,14,17,20-21H2;1H/t28-;/m1./s1.